The molecule has 1 fully saturated rings. The van der Waals surface area contributed by atoms with E-state index in [0.717, 1.165) is 48.2 Å². The summed E-state index contributed by atoms with van der Waals surface area (Å²) in [7, 11) is 3.56. The van der Waals surface area contributed by atoms with Crippen molar-refractivity contribution in [3.8, 4) is 0 Å². The van der Waals surface area contributed by atoms with Gasteiger partial charge in [0.2, 0.25) is 0 Å². The molecule has 5 rings (SSSR count). The van der Waals surface area contributed by atoms with Crippen LogP contribution < -0.4 is 15.5 Å². The summed E-state index contributed by atoms with van der Waals surface area (Å²) < 4.78 is 1.58. The number of hydrogen-bond donors (Lipinski definition) is 3. The number of piperidine rings is 1. The molecule has 0 bridgehead atoms. The van der Waals surface area contributed by atoms with E-state index in [1.807, 2.05) is 74.3 Å². The maximum atomic E-state index is 13.0. The van der Waals surface area contributed by atoms with Gasteiger partial charge in [0, 0.05) is 61.4 Å². The fourth-order valence-electron chi connectivity index (χ4n) is 5.55. The van der Waals surface area contributed by atoms with Crippen molar-refractivity contribution in [3.05, 3.63) is 84.2 Å². The van der Waals surface area contributed by atoms with Crippen LogP contribution in [-0.4, -0.2) is 70.8 Å². The van der Waals surface area contributed by atoms with Crippen LogP contribution in [0, 0.1) is 0 Å². The van der Waals surface area contributed by atoms with E-state index in [1.54, 1.807) is 24.0 Å². The molecule has 0 spiro atoms. The van der Waals surface area contributed by atoms with Crippen molar-refractivity contribution in [1.29, 1.82) is 0 Å². The van der Waals surface area contributed by atoms with E-state index >= 15 is 0 Å². The van der Waals surface area contributed by atoms with Crippen molar-refractivity contribution in [2.75, 3.05) is 43.9 Å². The Morgan fingerprint density at radius 3 is 2.41 bits per heavy atom. The van der Waals surface area contributed by atoms with Crippen LogP contribution in [0.25, 0.3) is 10.9 Å². The highest BCUT2D eigenvalue weighted by Gasteiger charge is 2.25. The highest BCUT2D eigenvalue weighted by molar-refractivity contribution is 6.04. The van der Waals surface area contributed by atoms with Gasteiger partial charge in [-0.1, -0.05) is 12.1 Å². The normalized spacial score (nSPS) is 14.7. The number of benzene rings is 2. The van der Waals surface area contributed by atoms with E-state index < -0.39 is 5.60 Å². The average molecular weight is 555 g/mol. The highest BCUT2D eigenvalue weighted by Crippen LogP contribution is 2.30. The standard InChI is InChI=1S/C32H38N6O3/c1-32(2,41)21-37-16-12-23(13-17-37)22-5-7-24(8-6-22)30(39)35-29-20-27(11-15-34-29)36(4)26-9-10-28-25(19-26)14-18-38(28)31(40)33-3/h5-11,14-15,18-20,23,41H,12-13,16-17,21H2,1-4H3,(H,33,40)(H,34,35,39). The van der Waals surface area contributed by atoms with E-state index in [9.17, 15) is 14.7 Å². The Balaban J connectivity index is 1.22. The topological polar surface area (TPSA) is 103 Å². The number of nitrogens with one attached hydrogen (secondary N) is 2. The summed E-state index contributed by atoms with van der Waals surface area (Å²) in [5.74, 6) is 0.718. The number of anilines is 3. The fraction of sp³-hybridized carbons (Fsp3) is 0.344. The molecule has 9 heteroatoms. The number of hydrogen-bond acceptors (Lipinski definition) is 6. The number of pyridine rings is 1. The van der Waals surface area contributed by atoms with Crippen molar-refractivity contribution < 1.29 is 14.7 Å². The molecule has 1 saturated heterocycles. The number of likely N-dealkylation sites (tertiary alicyclic amines) is 1. The molecular formula is C32H38N6O3. The van der Waals surface area contributed by atoms with Crippen LogP contribution in [-0.2, 0) is 0 Å². The molecule has 41 heavy (non-hydrogen) atoms. The maximum Gasteiger partial charge on any atom is 0.325 e. The number of amides is 2. The van der Waals surface area contributed by atoms with Crippen molar-refractivity contribution in [2.24, 2.45) is 0 Å². The first-order valence-corrected chi connectivity index (χ1v) is 14.0. The molecule has 4 aromatic rings. The minimum Gasteiger partial charge on any atom is -0.389 e. The second-order valence-corrected chi connectivity index (χ2v) is 11.4. The second-order valence-electron chi connectivity index (χ2n) is 11.4. The Kier molecular flexibility index (Phi) is 8.10. The SMILES string of the molecule is CNC(=O)n1ccc2cc(N(C)c3ccnc(NC(=O)c4ccc(C5CCN(CC(C)(C)O)CC5)cc4)c3)ccc21. The molecule has 0 atom stereocenters. The number of fused-ring (bicyclic) bond motifs is 1. The average Bonchev–Trinajstić information content (AvgIpc) is 3.39. The third-order valence-electron chi connectivity index (χ3n) is 7.71. The van der Waals surface area contributed by atoms with Gasteiger partial charge in [-0.25, -0.2) is 9.78 Å². The third kappa shape index (κ3) is 6.58. The number of nitrogens with zero attached hydrogens (tertiary/aromatic N) is 4. The van der Waals surface area contributed by atoms with Crippen molar-refractivity contribution in [3.63, 3.8) is 0 Å². The summed E-state index contributed by atoms with van der Waals surface area (Å²) in [4.78, 5) is 33.8. The Bertz CT molecular complexity index is 1530. The van der Waals surface area contributed by atoms with Crippen LogP contribution in [0.2, 0.25) is 0 Å². The lowest BCUT2D eigenvalue weighted by atomic mass is 9.88. The van der Waals surface area contributed by atoms with Crippen LogP contribution in [0.4, 0.5) is 22.0 Å². The van der Waals surface area contributed by atoms with Crippen molar-refractivity contribution in [1.82, 2.24) is 19.8 Å². The molecule has 0 saturated carbocycles. The lowest BCUT2D eigenvalue weighted by molar-refractivity contribution is 0.0282. The molecule has 0 aliphatic carbocycles. The Labute approximate surface area is 240 Å². The number of aliphatic hydroxyl groups is 1. The van der Waals surface area contributed by atoms with Gasteiger partial charge in [-0.2, -0.15) is 0 Å². The molecule has 0 radical (unpaired) electrons. The summed E-state index contributed by atoms with van der Waals surface area (Å²) in [6.07, 6.45) is 5.51. The third-order valence-corrected chi connectivity index (χ3v) is 7.71. The highest BCUT2D eigenvalue weighted by atomic mass is 16.3. The molecule has 2 aromatic heterocycles. The van der Waals surface area contributed by atoms with Crippen LogP contribution in [0.3, 0.4) is 0 Å². The maximum absolute atomic E-state index is 13.0. The molecule has 1 aliphatic heterocycles. The second kappa shape index (κ2) is 11.7. The largest absolute Gasteiger partial charge is 0.389 e. The number of carbonyl (C=O) groups is 2. The molecule has 0 unspecified atom stereocenters. The van der Waals surface area contributed by atoms with Gasteiger partial charge in [0.15, 0.2) is 0 Å². The van der Waals surface area contributed by atoms with E-state index in [4.69, 9.17) is 0 Å². The van der Waals surface area contributed by atoms with Gasteiger partial charge >= 0.3 is 6.03 Å². The van der Waals surface area contributed by atoms with Gasteiger partial charge in [0.05, 0.1) is 11.1 Å². The van der Waals surface area contributed by atoms with E-state index in [2.05, 4.69) is 32.7 Å². The van der Waals surface area contributed by atoms with E-state index in [-0.39, 0.29) is 11.9 Å². The van der Waals surface area contributed by atoms with Gasteiger partial charge in [0.1, 0.15) is 5.82 Å². The number of aromatic nitrogens is 2. The van der Waals surface area contributed by atoms with Crippen molar-refractivity contribution >= 4 is 40.0 Å². The zero-order valence-corrected chi connectivity index (χ0v) is 24.1. The summed E-state index contributed by atoms with van der Waals surface area (Å²) in [5.41, 5.74) is 3.78. The quantitative estimate of drug-likeness (QED) is 0.290. The number of rotatable bonds is 7. The summed E-state index contributed by atoms with van der Waals surface area (Å²) >= 11 is 0. The molecule has 3 heterocycles. The summed E-state index contributed by atoms with van der Waals surface area (Å²) in [5, 5.41) is 16.6. The smallest absolute Gasteiger partial charge is 0.325 e. The van der Waals surface area contributed by atoms with Gasteiger partial charge in [0.25, 0.3) is 5.91 Å². The lowest BCUT2D eigenvalue weighted by Gasteiger charge is -2.35. The predicted molar refractivity (Wildman–Crippen MR) is 163 cm³/mol. The zero-order chi connectivity index (χ0) is 29.1. The van der Waals surface area contributed by atoms with Crippen molar-refractivity contribution in [2.45, 2.75) is 38.2 Å². The predicted octanol–water partition coefficient (Wildman–Crippen LogP) is 5.19. The van der Waals surface area contributed by atoms with Crippen LogP contribution >= 0.6 is 0 Å². The minimum absolute atomic E-state index is 0.186. The first-order chi connectivity index (χ1) is 19.6. The Morgan fingerprint density at radius 1 is 1.02 bits per heavy atom. The zero-order valence-electron chi connectivity index (χ0n) is 24.1. The Morgan fingerprint density at radius 2 is 1.73 bits per heavy atom. The van der Waals surface area contributed by atoms with Crippen LogP contribution in [0.1, 0.15) is 48.5 Å². The monoisotopic (exact) mass is 554 g/mol. The number of β-amino-alcohol motifs (C(OH)–C–C–N with tert-alkyl or cyclic N) is 1. The van der Waals surface area contributed by atoms with Gasteiger partial charge in [-0.05, 0) is 93.7 Å². The van der Waals surface area contributed by atoms with Crippen LogP contribution in [0.5, 0.6) is 0 Å². The molecule has 3 N–H and O–H groups in total. The van der Waals surface area contributed by atoms with Gasteiger partial charge in [-0.15, -0.1) is 0 Å². The first kappa shape index (κ1) is 28.3. The lowest BCUT2D eigenvalue weighted by Crippen LogP contribution is -2.42. The molecule has 214 valence electrons. The minimum atomic E-state index is -0.678. The number of carbonyl (C=O) groups excluding carboxylic acids is 2. The molecular weight excluding hydrogens is 516 g/mol. The van der Waals surface area contributed by atoms with Crippen LogP contribution in [0.15, 0.2) is 73.1 Å². The fourth-order valence-corrected chi connectivity index (χ4v) is 5.55. The summed E-state index contributed by atoms with van der Waals surface area (Å²) in [6, 6.07) is 19.2. The Hall–Kier alpha value is -4.21. The molecule has 2 amide bonds. The molecule has 1 aliphatic rings. The molecule has 9 nitrogen and oxygen atoms in total. The van der Waals surface area contributed by atoms with E-state index in [1.165, 1.54) is 5.56 Å². The van der Waals surface area contributed by atoms with Gasteiger partial charge in [-0.3, -0.25) is 9.36 Å². The van der Waals surface area contributed by atoms with Gasteiger partial charge < -0.3 is 25.5 Å². The van der Waals surface area contributed by atoms with E-state index in [0.29, 0.717) is 23.8 Å². The molecule has 2 aromatic carbocycles. The summed E-state index contributed by atoms with van der Waals surface area (Å²) in [6.45, 7) is 6.31. The first-order valence-electron chi connectivity index (χ1n) is 14.0.